The fourth-order valence-corrected chi connectivity index (χ4v) is 4.40. The van der Waals surface area contributed by atoms with Crippen molar-refractivity contribution in [2.24, 2.45) is 0 Å². The van der Waals surface area contributed by atoms with Crippen molar-refractivity contribution in [3.05, 3.63) is 106 Å². The summed E-state index contributed by atoms with van der Waals surface area (Å²) in [5.74, 6) is -1.19. The molecule has 0 bridgehead atoms. The van der Waals surface area contributed by atoms with Gasteiger partial charge in [-0.25, -0.2) is 9.48 Å². The number of fused-ring (bicyclic) bond motifs is 1. The van der Waals surface area contributed by atoms with E-state index in [0.717, 1.165) is 5.56 Å². The number of carboxylic acids is 1. The predicted octanol–water partition coefficient (Wildman–Crippen LogP) is 6.72. The number of aromatic nitrogens is 2. The van der Waals surface area contributed by atoms with E-state index in [-0.39, 0.29) is 22.5 Å². The molecule has 5 aromatic rings. The number of anilines is 1. The number of ether oxygens (including phenoxy) is 1. The van der Waals surface area contributed by atoms with Gasteiger partial charge in [0.15, 0.2) is 5.43 Å². The average molecular weight is 550 g/mol. The van der Waals surface area contributed by atoms with E-state index in [0.29, 0.717) is 33.5 Å². The third-order valence-corrected chi connectivity index (χ3v) is 6.20. The molecule has 8 nitrogen and oxygen atoms in total. The second-order valence-electron chi connectivity index (χ2n) is 9.14. The molecule has 3 aromatic carbocycles. The van der Waals surface area contributed by atoms with Gasteiger partial charge in [0.05, 0.1) is 34.4 Å². The van der Waals surface area contributed by atoms with Crippen LogP contribution in [-0.4, -0.2) is 27.2 Å². The summed E-state index contributed by atoms with van der Waals surface area (Å²) in [5.41, 5.74) is 3.01. The van der Waals surface area contributed by atoms with Crippen LogP contribution in [0.15, 0.2) is 88.3 Å². The first kappa shape index (κ1) is 26.5. The molecule has 0 saturated carbocycles. The van der Waals surface area contributed by atoms with Gasteiger partial charge in [-0.3, -0.25) is 4.79 Å². The van der Waals surface area contributed by atoms with Gasteiger partial charge in [-0.15, -0.1) is 13.2 Å². The molecule has 0 unspecified atom stereocenters. The zero-order valence-electron chi connectivity index (χ0n) is 21.2. The highest BCUT2D eigenvalue weighted by Gasteiger charge is 2.31. The molecule has 2 heterocycles. The second-order valence-corrected chi connectivity index (χ2v) is 9.14. The SMILES string of the molecule is Cc1cc([C@@H](C)Nc2ccccc2C(=O)O)c2oc(-c3cnn(-c4ccc(OC(F)(F)F)cc4)c3)cc(=O)c2c1. The van der Waals surface area contributed by atoms with Crippen LogP contribution in [0.3, 0.4) is 0 Å². The number of nitrogens with one attached hydrogen (secondary N) is 1. The van der Waals surface area contributed by atoms with Crippen LogP contribution in [0.4, 0.5) is 18.9 Å². The first-order valence-electron chi connectivity index (χ1n) is 12.1. The molecule has 0 aliphatic rings. The van der Waals surface area contributed by atoms with Gasteiger partial charge in [0, 0.05) is 23.5 Å². The van der Waals surface area contributed by atoms with E-state index in [1.807, 2.05) is 19.9 Å². The largest absolute Gasteiger partial charge is 0.573 e. The van der Waals surface area contributed by atoms with E-state index in [1.165, 1.54) is 47.3 Å². The molecule has 204 valence electrons. The summed E-state index contributed by atoms with van der Waals surface area (Å²) >= 11 is 0. The maximum Gasteiger partial charge on any atom is 0.573 e. The molecule has 40 heavy (non-hydrogen) atoms. The number of nitrogens with zero attached hydrogens (tertiary/aromatic N) is 2. The Bertz CT molecular complexity index is 1780. The van der Waals surface area contributed by atoms with Crippen molar-refractivity contribution >= 4 is 22.6 Å². The molecular weight excluding hydrogens is 527 g/mol. The molecule has 2 N–H and O–H groups in total. The lowest BCUT2D eigenvalue weighted by molar-refractivity contribution is -0.274. The molecule has 0 aliphatic heterocycles. The zero-order chi connectivity index (χ0) is 28.6. The monoisotopic (exact) mass is 549 g/mol. The second kappa shape index (κ2) is 10.3. The number of hydrogen-bond acceptors (Lipinski definition) is 6. The number of para-hydroxylation sites is 1. The number of alkyl halides is 3. The van der Waals surface area contributed by atoms with Crippen molar-refractivity contribution < 1.29 is 32.2 Å². The molecule has 1 atom stereocenters. The van der Waals surface area contributed by atoms with Crippen LogP contribution in [-0.2, 0) is 0 Å². The van der Waals surface area contributed by atoms with Gasteiger partial charge in [0.1, 0.15) is 17.1 Å². The summed E-state index contributed by atoms with van der Waals surface area (Å²) in [5, 5.41) is 17.4. The Morgan fingerprint density at radius 2 is 1.82 bits per heavy atom. The number of aryl methyl sites for hydroxylation is 1. The van der Waals surface area contributed by atoms with E-state index in [2.05, 4.69) is 15.2 Å². The van der Waals surface area contributed by atoms with Crippen molar-refractivity contribution in [1.82, 2.24) is 9.78 Å². The van der Waals surface area contributed by atoms with Crippen molar-refractivity contribution in [2.75, 3.05) is 5.32 Å². The van der Waals surface area contributed by atoms with E-state index in [9.17, 15) is 27.9 Å². The predicted molar refractivity (Wildman–Crippen MR) is 142 cm³/mol. The highest BCUT2D eigenvalue weighted by atomic mass is 19.4. The molecule has 0 spiro atoms. The smallest absolute Gasteiger partial charge is 0.478 e. The van der Waals surface area contributed by atoms with E-state index in [4.69, 9.17) is 4.42 Å². The zero-order valence-corrected chi connectivity index (χ0v) is 21.2. The van der Waals surface area contributed by atoms with E-state index >= 15 is 0 Å². The van der Waals surface area contributed by atoms with Gasteiger partial charge in [-0.2, -0.15) is 5.10 Å². The van der Waals surface area contributed by atoms with Crippen molar-refractivity contribution in [3.63, 3.8) is 0 Å². The summed E-state index contributed by atoms with van der Waals surface area (Å²) in [6.07, 6.45) is -1.73. The first-order valence-corrected chi connectivity index (χ1v) is 12.1. The molecule has 0 aliphatic carbocycles. The average Bonchev–Trinajstić information content (AvgIpc) is 3.39. The quantitative estimate of drug-likeness (QED) is 0.232. The molecule has 0 fully saturated rings. The lowest BCUT2D eigenvalue weighted by Gasteiger charge is -2.19. The molecule has 5 rings (SSSR count). The molecular formula is C29H22F3N3O5. The van der Waals surface area contributed by atoms with Crippen LogP contribution in [0.2, 0.25) is 0 Å². The van der Waals surface area contributed by atoms with Crippen LogP contribution in [0.1, 0.15) is 34.5 Å². The van der Waals surface area contributed by atoms with Gasteiger partial charge < -0.3 is 19.6 Å². The van der Waals surface area contributed by atoms with Gasteiger partial charge >= 0.3 is 12.3 Å². The Hall–Kier alpha value is -5.06. The lowest BCUT2D eigenvalue weighted by Crippen LogP contribution is -2.17. The van der Waals surface area contributed by atoms with Crippen LogP contribution in [0.5, 0.6) is 5.75 Å². The normalized spacial score (nSPS) is 12.3. The number of aromatic carboxylic acids is 1. The van der Waals surface area contributed by atoms with Gasteiger partial charge in [-0.05, 0) is 61.9 Å². The van der Waals surface area contributed by atoms with Gasteiger partial charge in [-0.1, -0.05) is 18.2 Å². The van der Waals surface area contributed by atoms with Crippen LogP contribution >= 0.6 is 0 Å². The van der Waals surface area contributed by atoms with Crippen LogP contribution in [0, 0.1) is 6.92 Å². The van der Waals surface area contributed by atoms with Crippen molar-refractivity contribution in [1.29, 1.82) is 0 Å². The number of benzene rings is 3. The summed E-state index contributed by atoms with van der Waals surface area (Å²) in [6, 6.07) is 16.2. The Morgan fingerprint density at radius 1 is 1.10 bits per heavy atom. The number of carbonyl (C=O) groups is 1. The standard InChI is InChI=1S/C29H22F3N3O5/c1-16-11-22(17(2)34-24-6-4-3-5-21(24)28(37)38)27-23(12-16)25(36)13-26(39-27)18-14-33-35(15-18)19-7-9-20(10-8-19)40-29(30,31)32/h3-15,17,34H,1-2H3,(H,37,38)/t17-/m1/s1. The summed E-state index contributed by atoms with van der Waals surface area (Å²) in [6.45, 7) is 3.69. The molecule has 0 radical (unpaired) electrons. The van der Waals surface area contributed by atoms with Gasteiger partial charge in [0.2, 0.25) is 0 Å². The van der Waals surface area contributed by atoms with Crippen molar-refractivity contribution in [2.45, 2.75) is 26.3 Å². The highest BCUT2D eigenvalue weighted by Crippen LogP contribution is 2.32. The maximum absolute atomic E-state index is 13.1. The summed E-state index contributed by atoms with van der Waals surface area (Å²) in [4.78, 5) is 24.8. The minimum atomic E-state index is -4.79. The van der Waals surface area contributed by atoms with Crippen LogP contribution < -0.4 is 15.5 Å². The Morgan fingerprint density at radius 3 is 2.52 bits per heavy atom. The molecule has 2 aromatic heterocycles. The minimum absolute atomic E-state index is 0.110. The summed E-state index contributed by atoms with van der Waals surface area (Å²) in [7, 11) is 0. The number of rotatable bonds is 7. The summed E-state index contributed by atoms with van der Waals surface area (Å²) < 4.78 is 48.9. The number of halogens is 3. The topological polar surface area (TPSA) is 107 Å². The maximum atomic E-state index is 13.1. The third-order valence-electron chi connectivity index (χ3n) is 6.20. The molecule has 0 amide bonds. The first-order chi connectivity index (χ1) is 19.0. The Labute approximate surface area is 225 Å². The fourth-order valence-electron chi connectivity index (χ4n) is 4.40. The third kappa shape index (κ3) is 5.53. The van der Waals surface area contributed by atoms with Gasteiger partial charge in [0.25, 0.3) is 0 Å². The molecule has 0 saturated heterocycles. The Kier molecular flexibility index (Phi) is 6.80. The van der Waals surface area contributed by atoms with Crippen molar-refractivity contribution in [3.8, 4) is 22.8 Å². The Balaban J connectivity index is 1.50. The fraction of sp³-hybridized carbons (Fsp3) is 0.138. The van der Waals surface area contributed by atoms with Crippen LogP contribution in [0.25, 0.3) is 28.0 Å². The minimum Gasteiger partial charge on any atom is -0.478 e. The van der Waals surface area contributed by atoms with E-state index in [1.54, 1.807) is 30.5 Å². The van der Waals surface area contributed by atoms with E-state index < -0.39 is 18.4 Å². The number of carboxylic acid groups (broad SMARTS) is 1. The highest BCUT2D eigenvalue weighted by molar-refractivity contribution is 5.94. The molecule has 11 heteroatoms. The number of hydrogen-bond donors (Lipinski definition) is 2. The lowest BCUT2D eigenvalue weighted by atomic mass is 10.0.